The molecule has 51 heavy (non-hydrogen) atoms. The number of aromatic nitrogens is 8. The van der Waals surface area contributed by atoms with Crippen molar-refractivity contribution in [3.05, 3.63) is 128 Å². The van der Waals surface area contributed by atoms with E-state index in [1.165, 1.54) is 13.3 Å². The van der Waals surface area contributed by atoms with Gasteiger partial charge in [-0.15, -0.1) is 0 Å². The van der Waals surface area contributed by atoms with Crippen LogP contribution in [0, 0.1) is 0 Å². The molecule has 0 aliphatic heterocycles. The van der Waals surface area contributed by atoms with E-state index in [1.807, 2.05) is 48.5 Å². The predicted octanol–water partition coefficient (Wildman–Crippen LogP) is 8.15. The maximum atomic E-state index is 12.1. The van der Waals surface area contributed by atoms with Gasteiger partial charge in [0.2, 0.25) is 0 Å². The number of carbonyl (C=O) groups is 2. The highest BCUT2D eigenvalue weighted by Gasteiger charge is 2.22. The van der Waals surface area contributed by atoms with Crippen molar-refractivity contribution in [1.82, 2.24) is 39.5 Å². The van der Waals surface area contributed by atoms with Crippen molar-refractivity contribution < 1.29 is 19.4 Å². The number of pyridine rings is 4. The number of carboxylic acids is 1. The lowest BCUT2D eigenvalue weighted by Crippen LogP contribution is -2.06. The lowest BCUT2D eigenvalue weighted by molar-refractivity contribution is 0.0594. The van der Waals surface area contributed by atoms with Crippen LogP contribution in [0.4, 0.5) is 0 Å². The van der Waals surface area contributed by atoms with Crippen molar-refractivity contribution >= 4 is 102 Å². The first-order chi connectivity index (χ1) is 24.6. The number of esters is 1. The summed E-state index contributed by atoms with van der Waals surface area (Å²) in [5, 5.41) is 22.1. The number of carbonyl (C=O) groups excluding carboxylic acids is 1. The largest absolute Gasteiger partial charge is 0.476 e. The lowest BCUT2D eigenvalue weighted by atomic mass is 10.1. The Hall–Kier alpha value is -5.40. The van der Waals surface area contributed by atoms with Gasteiger partial charge in [0.1, 0.15) is 10.3 Å². The Labute approximate surface area is 308 Å². The minimum absolute atomic E-state index is 0.112. The minimum Gasteiger partial charge on any atom is -0.476 e. The van der Waals surface area contributed by atoms with Crippen molar-refractivity contribution in [1.29, 1.82) is 0 Å². The van der Waals surface area contributed by atoms with Gasteiger partial charge in [0, 0.05) is 35.6 Å². The van der Waals surface area contributed by atoms with E-state index in [-0.39, 0.29) is 21.7 Å². The molecular weight excluding hydrogens is 738 g/mol. The fourth-order valence-corrected chi connectivity index (χ4v) is 6.47. The summed E-state index contributed by atoms with van der Waals surface area (Å²) in [6.07, 6.45) is 6.31. The molecule has 16 heteroatoms. The number of hydrogen-bond donors (Lipinski definition) is 1. The summed E-state index contributed by atoms with van der Waals surface area (Å²) in [4.78, 5) is 40.0. The summed E-state index contributed by atoms with van der Waals surface area (Å²) in [6.45, 7) is 0.822. The van der Waals surface area contributed by atoms with Crippen molar-refractivity contribution in [3.8, 4) is 0 Å². The maximum Gasteiger partial charge on any atom is 0.359 e. The molecule has 0 amide bonds. The molecule has 0 unspecified atom stereocenters. The van der Waals surface area contributed by atoms with E-state index in [9.17, 15) is 14.7 Å². The molecular formula is C35H22Cl4N8O4. The Morgan fingerprint density at radius 3 is 1.61 bits per heavy atom. The Bertz CT molecular complexity index is 2660. The quantitative estimate of drug-likeness (QED) is 0.130. The Kier molecular flexibility index (Phi) is 9.40. The Morgan fingerprint density at radius 1 is 0.667 bits per heavy atom. The average Bonchev–Trinajstić information content (AvgIpc) is 3.68. The average molecular weight is 760 g/mol. The van der Waals surface area contributed by atoms with Gasteiger partial charge in [-0.05, 0) is 59.7 Å². The zero-order valence-corrected chi connectivity index (χ0v) is 29.3. The highest BCUT2D eigenvalue weighted by atomic mass is 35.5. The van der Waals surface area contributed by atoms with Crippen LogP contribution in [0.25, 0.3) is 43.6 Å². The second-order valence-electron chi connectivity index (χ2n) is 11.2. The van der Waals surface area contributed by atoms with E-state index in [0.29, 0.717) is 44.9 Å². The van der Waals surface area contributed by atoms with Gasteiger partial charge in [-0.25, -0.2) is 19.6 Å². The fourth-order valence-electron chi connectivity index (χ4n) is 5.65. The molecule has 254 valence electrons. The number of rotatable bonds is 6. The smallest absolute Gasteiger partial charge is 0.359 e. The monoisotopic (exact) mass is 758 g/mol. The molecule has 8 aromatic rings. The Balaban J connectivity index is 0.000000159. The van der Waals surface area contributed by atoms with Crippen LogP contribution in [0.5, 0.6) is 0 Å². The molecule has 0 fully saturated rings. The standard InChI is InChI=1S/C18H12Cl2N4O2.C17H10Cl2N4O2/c1-26-18(25)16-15-14(4-5-21-17(15)20)24(23-16)9-10-2-3-13-11(6-10)7-12(19)8-22-13;18-11-6-10-5-9(1-2-12(10)21-7-11)8-23-13-3-4-20-16(19)14(13)15(22-23)17(24)25/h2-8H,9H2,1H3;1-7H,8H2,(H,24,25). The molecule has 12 nitrogen and oxygen atoms in total. The third-order valence-electron chi connectivity index (χ3n) is 7.91. The fraction of sp³-hybridized carbons (Fsp3) is 0.0857. The first kappa shape index (κ1) is 34.1. The van der Waals surface area contributed by atoms with Crippen LogP contribution in [0.2, 0.25) is 20.4 Å². The van der Waals surface area contributed by atoms with Gasteiger partial charge < -0.3 is 9.84 Å². The van der Waals surface area contributed by atoms with Crippen LogP contribution in [0.3, 0.4) is 0 Å². The van der Waals surface area contributed by atoms with Gasteiger partial charge >= 0.3 is 11.9 Å². The van der Waals surface area contributed by atoms with Crippen LogP contribution in [-0.2, 0) is 17.8 Å². The number of methoxy groups -OCH3 is 1. The van der Waals surface area contributed by atoms with Gasteiger partial charge in [-0.1, -0.05) is 58.5 Å². The lowest BCUT2D eigenvalue weighted by Gasteiger charge is -2.06. The molecule has 0 aliphatic rings. The normalized spacial score (nSPS) is 11.2. The molecule has 2 aromatic carbocycles. The van der Waals surface area contributed by atoms with E-state index in [4.69, 9.17) is 51.1 Å². The first-order valence-corrected chi connectivity index (χ1v) is 16.5. The SMILES string of the molecule is COC(=O)c1nn(Cc2ccc3ncc(Cl)cc3c2)c2ccnc(Cl)c12.O=C(O)c1nn(Cc2ccc3ncc(Cl)cc3c2)c2ccnc(Cl)c12. The molecule has 6 heterocycles. The Morgan fingerprint density at radius 2 is 1.14 bits per heavy atom. The third-order valence-corrected chi connectivity index (χ3v) is 8.89. The number of ether oxygens (including phenoxy) is 1. The summed E-state index contributed by atoms with van der Waals surface area (Å²) >= 11 is 24.3. The van der Waals surface area contributed by atoms with Crippen molar-refractivity contribution in [2.75, 3.05) is 7.11 Å². The molecule has 0 spiro atoms. The molecule has 0 radical (unpaired) electrons. The third kappa shape index (κ3) is 6.86. The molecule has 0 aliphatic carbocycles. The molecule has 6 aromatic heterocycles. The summed E-state index contributed by atoms with van der Waals surface area (Å²) < 4.78 is 8.11. The number of benzene rings is 2. The number of nitrogens with zero attached hydrogens (tertiary/aromatic N) is 8. The van der Waals surface area contributed by atoms with Crippen LogP contribution in [0.15, 0.2) is 85.5 Å². The van der Waals surface area contributed by atoms with Crippen LogP contribution in [-0.4, -0.2) is 63.7 Å². The minimum atomic E-state index is -1.15. The summed E-state index contributed by atoms with van der Waals surface area (Å²) in [6, 6.07) is 18.8. The highest BCUT2D eigenvalue weighted by molar-refractivity contribution is 6.36. The first-order valence-electron chi connectivity index (χ1n) is 15.0. The van der Waals surface area contributed by atoms with E-state index < -0.39 is 11.9 Å². The summed E-state index contributed by atoms with van der Waals surface area (Å²) in [5.74, 6) is -1.70. The molecule has 1 N–H and O–H groups in total. The topological polar surface area (TPSA) is 151 Å². The molecule has 0 saturated heterocycles. The van der Waals surface area contributed by atoms with Crippen molar-refractivity contribution in [2.45, 2.75) is 13.1 Å². The van der Waals surface area contributed by atoms with Gasteiger partial charge in [0.15, 0.2) is 11.4 Å². The zero-order valence-electron chi connectivity index (χ0n) is 26.3. The molecule has 0 bridgehead atoms. The molecule has 8 rings (SSSR count). The number of carboxylic acid groups (broad SMARTS) is 1. The number of hydrogen-bond acceptors (Lipinski definition) is 9. The van der Waals surface area contributed by atoms with Gasteiger partial charge in [0.25, 0.3) is 0 Å². The molecule has 0 saturated carbocycles. The second-order valence-corrected chi connectivity index (χ2v) is 12.8. The zero-order chi connectivity index (χ0) is 35.8. The van der Waals surface area contributed by atoms with E-state index >= 15 is 0 Å². The van der Waals surface area contributed by atoms with Crippen molar-refractivity contribution in [2.24, 2.45) is 0 Å². The molecule has 0 atom stereocenters. The summed E-state index contributed by atoms with van der Waals surface area (Å²) in [7, 11) is 1.30. The number of fused-ring (bicyclic) bond motifs is 4. The van der Waals surface area contributed by atoms with Crippen LogP contribution < -0.4 is 0 Å². The van der Waals surface area contributed by atoms with E-state index in [1.54, 1.807) is 40.1 Å². The second kappa shape index (κ2) is 14.1. The number of halogens is 4. The maximum absolute atomic E-state index is 12.1. The van der Waals surface area contributed by atoms with E-state index in [0.717, 1.165) is 32.9 Å². The van der Waals surface area contributed by atoms with Gasteiger partial charge in [0.05, 0.1) is 63.1 Å². The van der Waals surface area contributed by atoms with Crippen LogP contribution >= 0.6 is 46.4 Å². The van der Waals surface area contributed by atoms with Crippen LogP contribution in [0.1, 0.15) is 32.1 Å². The highest BCUT2D eigenvalue weighted by Crippen LogP contribution is 2.28. The predicted molar refractivity (Wildman–Crippen MR) is 195 cm³/mol. The van der Waals surface area contributed by atoms with E-state index in [2.05, 4.69) is 30.1 Å². The van der Waals surface area contributed by atoms with Gasteiger partial charge in [-0.2, -0.15) is 10.2 Å². The number of aromatic carboxylic acids is 1. The summed E-state index contributed by atoms with van der Waals surface area (Å²) in [5.41, 5.74) is 4.95. The van der Waals surface area contributed by atoms with Crippen molar-refractivity contribution in [3.63, 3.8) is 0 Å². The van der Waals surface area contributed by atoms with Gasteiger partial charge in [-0.3, -0.25) is 19.3 Å².